The van der Waals surface area contributed by atoms with E-state index in [1.807, 2.05) is 32.0 Å². The molecule has 0 aliphatic carbocycles. The van der Waals surface area contributed by atoms with Crippen LogP contribution in [0.25, 0.3) is 0 Å². The Labute approximate surface area is 152 Å². The molecule has 2 aromatic rings. The zero-order valence-corrected chi connectivity index (χ0v) is 15.1. The summed E-state index contributed by atoms with van der Waals surface area (Å²) in [5.74, 6) is -0.687. The minimum absolute atomic E-state index is 0.0478. The van der Waals surface area contributed by atoms with Crippen LogP contribution in [0.5, 0.6) is 5.75 Å². The molecule has 2 aromatic carbocycles. The van der Waals surface area contributed by atoms with E-state index in [0.717, 1.165) is 16.8 Å². The fourth-order valence-corrected chi connectivity index (χ4v) is 3.16. The lowest BCUT2D eigenvalue weighted by atomic mass is 10.1. The van der Waals surface area contributed by atoms with Gasteiger partial charge >= 0.3 is 5.97 Å². The van der Waals surface area contributed by atoms with Gasteiger partial charge in [-0.05, 0) is 56.7 Å². The van der Waals surface area contributed by atoms with Crippen LogP contribution in [-0.4, -0.2) is 24.2 Å². The molecule has 1 fully saturated rings. The zero-order valence-electron chi connectivity index (χ0n) is 15.1. The molecule has 0 spiro atoms. The van der Waals surface area contributed by atoms with Crippen LogP contribution in [0, 0.1) is 19.8 Å². The molecular formula is C21H21NO4. The van der Waals surface area contributed by atoms with Crippen LogP contribution in [0.15, 0.2) is 42.5 Å². The highest BCUT2D eigenvalue weighted by Gasteiger charge is 2.36. The molecule has 1 heterocycles. The Balaban J connectivity index is 1.69. The van der Waals surface area contributed by atoms with Crippen molar-refractivity contribution in [3.8, 4) is 5.75 Å². The molecule has 3 rings (SSSR count). The second-order valence-corrected chi connectivity index (χ2v) is 6.70. The summed E-state index contributed by atoms with van der Waals surface area (Å²) >= 11 is 0. The summed E-state index contributed by atoms with van der Waals surface area (Å²) in [4.78, 5) is 37.8. The van der Waals surface area contributed by atoms with E-state index >= 15 is 0 Å². The van der Waals surface area contributed by atoms with Gasteiger partial charge in [-0.3, -0.25) is 14.4 Å². The number of rotatable bonds is 4. The average Bonchev–Trinajstić information content (AvgIpc) is 2.97. The Bertz CT molecular complexity index is 870. The highest BCUT2D eigenvalue weighted by atomic mass is 16.5. The Hall–Kier alpha value is -2.95. The highest BCUT2D eigenvalue weighted by Crippen LogP contribution is 2.29. The van der Waals surface area contributed by atoms with Crippen molar-refractivity contribution >= 4 is 23.3 Å². The van der Waals surface area contributed by atoms with Crippen LogP contribution in [-0.2, 0) is 9.59 Å². The van der Waals surface area contributed by atoms with Crippen LogP contribution in [0.4, 0.5) is 5.69 Å². The van der Waals surface area contributed by atoms with Crippen molar-refractivity contribution in [1.82, 2.24) is 0 Å². The lowest BCUT2D eigenvalue weighted by molar-refractivity contribution is -0.139. The number of ketones is 1. The number of hydrogen-bond acceptors (Lipinski definition) is 4. The van der Waals surface area contributed by atoms with E-state index in [9.17, 15) is 14.4 Å². The lowest BCUT2D eigenvalue weighted by Gasteiger charge is -2.19. The van der Waals surface area contributed by atoms with Crippen LogP contribution in [0.1, 0.15) is 34.8 Å². The number of esters is 1. The molecule has 0 bridgehead atoms. The predicted octanol–water partition coefficient (Wildman–Crippen LogP) is 3.46. The van der Waals surface area contributed by atoms with Gasteiger partial charge in [0, 0.05) is 24.2 Å². The number of hydrogen-bond donors (Lipinski definition) is 0. The maximum Gasteiger partial charge on any atom is 0.316 e. The number of nitrogens with zero attached hydrogens (tertiary/aromatic N) is 1. The van der Waals surface area contributed by atoms with Gasteiger partial charge < -0.3 is 9.64 Å². The summed E-state index contributed by atoms with van der Waals surface area (Å²) in [6.07, 6.45) is 0.137. The van der Waals surface area contributed by atoms with Crippen molar-refractivity contribution in [3.63, 3.8) is 0 Å². The maximum absolute atomic E-state index is 12.4. The third kappa shape index (κ3) is 3.67. The molecule has 1 aliphatic heterocycles. The van der Waals surface area contributed by atoms with Crippen molar-refractivity contribution in [3.05, 3.63) is 59.2 Å². The fraction of sp³-hybridized carbons (Fsp3) is 0.286. The lowest BCUT2D eigenvalue weighted by Crippen LogP contribution is -2.27. The molecule has 0 radical (unpaired) electrons. The van der Waals surface area contributed by atoms with Gasteiger partial charge in [0.2, 0.25) is 5.91 Å². The summed E-state index contributed by atoms with van der Waals surface area (Å²) < 4.78 is 5.39. The molecule has 5 heteroatoms. The van der Waals surface area contributed by atoms with Gasteiger partial charge in [-0.2, -0.15) is 0 Å². The summed E-state index contributed by atoms with van der Waals surface area (Å²) in [6.45, 7) is 5.75. The first-order chi connectivity index (χ1) is 12.3. The van der Waals surface area contributed by atoms with E-state index in [2.05, 4.69) is 0 Å². The topological polar surface area (TPSA) is 63.7 Å². The molecule has 1 aliphatic rings. The van der Waals surface area contributed by atoms with Gasteiger partial charge in [0.15, 0.2) is 5.78 Å². The van der Waals surface area contributed by atoms with Crippen LogP contribution >= 0.6 is 0 Å². The minimum Gasteiger partial charge on any atom is -0.426 e. The Morgan fingerprint density at radius 3 is 2.38 bits per heavy atom. The van der Waals surface area contributed by atoms with Crippen LogP contribution in [0.2, 0.25) is 0 Å². The molecule has 1 saturated heterocycles. The largest absolute Gasteiger partial charge is 0.426 e. The minimum atomic E-state index is -0.504. The fourth-order valence-electron chi connectivity index (χ4n) is 3.16. The molecule has 0 unspecified atom stereocenters. The number of benzene rings is 2. The quantitative estimate of drug-likeness (QED) is 0.481. The van der Waals surface area contributed by atoms with E-state index in [-0.39, 0.29) is 18.1 Å². The van der Waals surface area contributed by atoms with Crippen molar-refractivity contribution in [2.45, 2.75) is 27.2 Å². The first-order valence-corrected chi connectivity index (χ1v) is 8.55. The molecule has 134 valence electrons. The third-order valence-corrected chi connectivity index (χ3v) is 4.58. The molecule has 26 heavy (non-hydrogen) atoms. The molecule has 0 N–H and O–H groups in total. The second-order valence-electron chi connectivity index (χ2n) is 6.70. The SMILES string of the molecule is CC(=O)c1ccc(OC(=O)[C@@H]2CC(=O)N(c3ccc(C)cc3C)C2)cc1. The Kier molecular flexibility index (Phi) is 4.89. The standard InChI is InChI=1S/C21H21NO4/c1-13-4-9-19(14(2)10-13)22-12-17(11-20(22)24)21(25)26-18-7-5-16(6-8-18)15(3)23/h4-10,17H,11-12H2,1-3H3/t17-/m1/s1. The van der Waals surface area contributed by atoms with E-state index in [1.165, 1.54) is 6.92 Å². The van der Waals surface area contributed by atoms with Crippen molar-refractivity contribution in [2.75, 3.05) is 11.4 Å². The Morgan fingerprint density at radius 2 is 1.77 bits per heavy atom. The molecule has 1 atom stereocenters. The third-order valence-electron chi connectivity index (χ3n) is 4.58. The number of amides is 1. The van der Waals surface area contributed by atoms with Gasteiger partial charge in [0.05, 0.1) is 5.92 Å². The highest BCUT2D eigenvalue weighted by molar-refractivity contribution is 6.00. The number of ether oxygens (including phenoxy) is 1. The molecule has 5 nitrogen and oxygen atoms in total. The summed E-state index contributed by atoms with van der Waals surface area (Å²) in [5.41, 5.74) is 3.53. The van der Waals surface area contributed by atoms with Gasteiger partial charge in [-0.15, -0.1) is 0 Å². The van der Waals surface area contributed by atoms with Gasteiger partial charge in [0.25, 0.3) is 0 Å². The van der Waals surface area contributed by atoms with Crippen molar-refractivity contribution in [1.29, 1.82) is 0 Å². The maximum atomic E-state index is 12.4. The molecule has 0 saturated carbocycles. The molecule has 0 aromatic heterocycles. The number of aryl methyl sites for hydroxylation is 2. The summed E-state index contributed by atoms with van der Waals surface area (Å²) in [6, 6.07) is 12.3. The molecule has 1 amide bonds. The van der Waals surface area contributed by atoms with Gasteiger partial charge in [-0.25, -0.2) is 0 Å². The predicted molar refractivity (Wildman–Crippen MR) is 98.5 cm³/mol. The van der Waals surface area contributed by atoms with E-state index in [0.29, 0.717) is 17.9 Å². The van der Waals surface area contributed by atoms with Gasteiger partial charge in [0.1, 0.15) is 5.75 Å². The van der Waals surface area contributed by atoms with Crippen molar-refractivity contribution < 1.29 is 19.1 Å². The van der Waals surface area contributed by atoms with Gasteiger partial charge in [-0.1, -0.05) is 17.7 Å². The number of anilines is 1. The summed E-state index contributed by atoms with van der Waals surface area (Å²) in [7, 11) is 0. The monoisotopic (exact) mass is 351 g/mol. The van der Waals surface area contributed by atoms with E-state index < -0.39 is 11.9 Å². The Morgan fingerprint density at radius 1 is 1.08 bits per heavy atom. The van der Waals surface area contributed by atoms with Crippen LogP contribution < -0.4 is 9.64 Å². The first kappa shape index (κ1) is 17.9. The van der Waals surface area contributed by atoms with Crippen molar-refractivity contribution in [2.24, 2.45) is 5.92 Å². The second kappa shape index (κ2) is 7.12. The number of Topliss-reactive ketones (excluding diaryl/α,β-unsaturated/α-hetero) is 1. The first-order valence-electron chi connectivity index (χ1n) is 8.55. The zero-order chi connectivity index (χ0) is 18.8. The van der Waals surface area contributed by atoms with E-state index in [1.54, 1.807) is 29.2 Å². The number of carbonyl (C=O) groups is 3. The van der Waals surface area contributed by atoms with Crippen LogP contribution in [0.3, 0.4) is 0 Å². The normalized spacial score (nSPS) is 16.7. The smallest absolute Gasteiger partial charge is 0.316 e. The van der Waals surface area contributed by atoms with E-state index in [4.69, 9.17) is 4.74 Å². The molecular weight excluding hydrogens is 330 g/mol. The average molecular weight is 351 g/mol. The number of carbonyl (C=O) groups excluding carboxylic acids is 3. The summed E-state index contributed by atoms with van der Waals surface area (Å²) in [5, 5.41) is 0.